The maximum atomic E-state index is 12.9. The number of hydrogen-bond donors (Lipinski definition) is 2. The molecule has 0 aromatic heterocycles. The summed E-state index contributed by atoms with van der Waals surface area (Å²) < 4.78 is 37.2. The average molecular weight is 435 g/mol. The molecule has 0 saturated heterocycles. The minimum Gasteiger partial charge on any atom is -0.326 e. The molecule has 0 radical (unpaired) electrons. The van der Waals surface area contributed by atoms with Crippen molar-refractivity contribution in [2.24, 2.45) is 0 Å². The highest BCUT2D eigenvalue weighted by atomic mass is 32.2. The lowest BCUT2D eigenvalue weighted by molar-refractivity contribution is -0.116. The summed E-state index contributed by atoms with van der Waals surface area (Å²) >= 11 is 0. The Bertz CT molecular complexity index is 995. The van der Waals surface area contributed by atoms with Crippen LogP contribution in [-0.4, -0.2) is 31.7 Å². The molecule has 0 saturated carbocycles. The summed E-state index contributed by atoms with van der Waals surface area (Å²) in [5.41, 5.74) is 4.18. The van der Waals surface area contributed by atoms with Crippen LogP contribution in [0.25, 0.3) is 0 Å². The zero-order valence-corrected chi connectivity index (χ0v) is 18.2. The molecular formula is C22H27FN2O4S. The third kappa shape index (κ3) is 7.59. The van der Waals surface area contributed by atoms with Gasteiger partial charge in [0.1, 0.15) is 5.82 Å². The molecule has 2 aromatic carbocycles. The van der Waals surface area contributed by atoms with Gasteiger partial charge in [-0.25, -0.2) is 12.8 Å². The summed E-state index contributed by atoms with van der Waals surface area (Å²) in [6, 6.07) is 9.16. The van der Waals surface area contributed by atoms with Gasteiger partial charge in [-0.15, -0.1) is 0 Å². The van der Waals surface area contributed by atoms with E-state index < -0.39 is 21.6 Å². The number of nitrogens with one attached hydrogen (secondary N) is 2. The topological polar surface area (TPSA) is 92.3 Å². The average Bonchev–Trinajstić information content (AvgIpc) is 2.65. The van der Waals surface area contributed by atoms with E-state index in [9.17, 15) is 22.4 Å². The molecule has 30 heavy (non-hydrogen) atoms. The molecule has 0 aliphatic carbocycles. The third-order valence-electron chi connectivity index (χ3n) is 4.57. The van der Waals surface area contributed by atoms with Crippen molar-refractivity contribution in [1.82, 2.24) is 0 Å². The van der Waals surface area contributed by atoms with Crippen molar-refractivity contribution in [3.8, 4) is 0 Å². The minimum atomic E-state index is -3.47. The summed E-state index contributed by atoms with van der Waals surface area (Å²) in [6.45, 7) is 5.81. The number of halogens is 1. The maximum absolute atomic E-state index is 12.9. The van der Waals surface area contributed by atoms with Gasteiger partial charge in [0.2, 0.25) is 11.8 Å². The fraction of sp³-hybridized carbons (Fsp3) is 0.364. The van der Waals surface area contributed by atoms with Gasteiger partial charge in [0, 0.05) is 24.2 Å². The lowest BCUT2D eigenvalue weighted by Gasteiger charge is -2.13. The number of aryl methyl sites for hydroxylation is 3. The summed E-state index contributed by atoms with van der Waals surface area (Å²) in [4.78, 5) is 24.1. The van der Waals surface area contributed by atoms with E-state index in [1.54, 1.807) is 0 Å². The van der Waals surface area contributed by atoms with Gasteiger partial charge in [0.25, 0.3) is 0 Å². The molecule has 2 amide bonds. The van der Waals surface area contributed by atoms with E-state index in [0.29, 0.717) is 5.69 Å². The van der Waals surface area contributed by atoms with Gasteiger partial charge in [0.05, 0.1) is 11.5 Å². The van der Waals surface area contributed by atoms with Crippen molar-refractivity contribution in [2.45, 2.75) is 40.0 Å². The minimum absolute atomic E-state index is 0.0771. The van der Waals surface area contributed by atoms with E-state index in [0.717, 1.165) is 22.4 Å². The predicted molar refractivity (Wildman–Crippen MR) is 117 cm³/mol. The molecular weight excluding hydrogens is 407 g/mol. The number of carbonyl (C=O) groups excluding carboxylic acids is 2. The fourth-order valence-corrected chi connectivity index (χ4v) is 4.42. The van der Waals surface area contributed by atoms with Crippen LogP contribution in [0.4, 0.5) is 15.8 Å². The number of benzene rings is 2. The third-order valence-corrected chi connectivity index (χ3v) is 6.31. The van der Waals surface area contributed by atoms with Gasteiger partial charge < -0.3 is 10.6 Å². The fourth-order valence-electron chi connectivity index (χ4n) is 3.14. The smallest absolute Gasteiger partial charge is 0.225 e. The van der Waals surface area contributed by atoms with Crippen molar-refractivity contribution in [1.29, 1.82) is 0 Å². The second-order valence-electron chi connectivity index (χ2n) is 7.38. The summed E-state index contributed by atoms with van der Waals surface area (Å²) in [5.74, 6) is -1.61. The predicted octanol–water partition coefficient (Wildman–Crippen LogP) is 3.91. The van der Waals surface area contributed by atoms with Crippen LogP contribution in [0.1, 0.15) is 36.0 Å². The summed E-state index contributed by atoms with van der Waals surface area (Å²) in [6.07, 6.45) is 0.0547. The first-order chi connectivity index (χ1) is 14.1. The molecule has 2 N–H and O–H groups in total. The number of amides is 2. The second-order valence-corrected chi connectivity index (χ2v) is 9.69. The number of sulfone groups is 1. The second kappa shape index (κ2) is 10.3. The van der Waals surface area contributed by atoms with Crippen LogP contribution in [0.5, 0.6) is 0 Å². The molecule has 0 aliphatic heterocycles. The van der Waals surface area contributed by atoms with Crippen molar-refractivity contribution in [2.75, 3.05) is 22.1 Å². The van der Waals surface area contributed by atoms with Crippen LogP contribution in [0.3, 0.4) is 0 Å². The van der Waals surface area contributed by atoms with Crippen molar-refractivity contribution >= 4 is 33.0 Å². The monoisotopic (exact) mass is 434 g/mol. The Morgan fingerprint density at radius 1 is 0.867 bits per heavy atom. The summed E-state index contributed by atoms with van der Waals surface area (Å²) in [7, 11) is -3.47. The molecule has 0 atom stereocenters. The van der Waals surface area contributed by atoms with E-state index in [-0.39, 0.29) is 36.7 Å². The summed E-state index contributed by atoms with van der Waals surface area (Å²) in [5, 5.41) is 5.37. The molecule has 0 fully saturated rings. The number of anilines is 2. The van der Waals surface area contributed by atoms with Crippen LogP contribution >= 0.6 is 0 Å². The molecule has 162 valence electrons. The van der Waals surface area contributed by atoms with Crippen molar-refractivity contribution in [3.05, 3.63) is 58.9 Å². The number of carbonyl (C=O) groups is 2. The normalized spacial score (nSPS) is 11.2. The van der Waals surface area contributed by atoms with Gasteiger partial charge in [-0.3, -0.25) is 9.59 Å². The van der Waals surface area contributed by atoms with Gasteiger partial charge in [-0.05, 0) is 62.6 Å². The number of hydrogen-bond acceptors (Lipinski definition) is 4. The van der Waals surface area contributed by atoms with Crippen molar-refractivity contribution in [3.63, 3.8) is 0 Å². The quantitative estimate of drug-likeness (QED) is 0.626. The van der Waals surface area contributed by atoms with Crippen LogP contribution < -0.4 is 10.6 Å². The molecule has 0 bridgehead atoms. The first-order valence-corrected chi connectivity index (χ1v) is 11.5. The van der Waals surface area contributed by atoms with Crippen LogP contribution in [0.2, 0.25) is 0 Å². The van der Waals surface area contributed by atoms with E-state index >= 15 is 0 Å². The molecule has 8 heteroatoms. The largest absolute Gasteiger partial charge is 0.326 e. The van der Waals surface area contributed by atoms with E-state index in [1.165, 1.54) is 24.3 Å². The first-order valence-electron chi connectivity index (χ1n) is 9.69. The zero-order valence-electron chi connectivity index (χ0n) is 17.4. The Labute approximate surface area is 176 Å². The standard InChI is InChI=1S/C22H27FN2O4S/c1-15-13-16(2)22(17(3)14-15)25-20(26)5-4-11-30(28,29)12-10-21(27)24-19-8-6-18(23)7-9-19/h6-9,13-14H,4-5,10-12H2,1-3H3,(H,24,27)(H,25,26). The maximum Gasteiger partial charge on any atom is 0.225 e. The van der Waals surface area contributed by atoms with Gasteiger partial charge >= 0.3 is 0 Å². The Kier molecular flexibility index (Phi) is 8.11. The van der Waals surface area contributed by atoms with Gasteiger partial charge in [-0.2, -0.15) is 0 Å². The molecule has 0 heterocycles. The lowest BCUT2D eigenvalue weighted by atomic mass is 10.0. The Hall–Kier alpha value is -2.74. The molecule has 0 unspecified atom stereocenters. The molecule has 2 rings (SSSR count). The van der Waals surface area contributed by atoms with Crippen LogP contribution in [-0.2, 0) is 19.4 Å². The SMILES string of the molecule is Cc1cc(C)c(NC(=O)CCCS(=O)(=O)CCC(=O)Nc2ccc(F)cc2)c(C)c1. The molecule has 0 aliphatic rings. The highest BCUT2D eigenvalue weighted by Gasteiger charge is 2.15. The van der Waals surface area contributed by atoms with E-state index in [4.69, 9.17) is 0 Å². The van der Waals surface area contributed by atoms with E-state index in [2.05, 4.69) is 10.6 Å². The first kappa shape index (κ1) is 23.5. The van der Waals surface area contributed by atoms with Gasteiger partial charge in [-0.1, -0.05) is 17.7 Å². The zero-order chi connectivity index (χ0) is 22.3. The van der Waals surface area contributed by atoms with Gasteiger partial charge in [0.15, 0.2) is 9.84 Å². The number of rotatable bonds is 9. The van der Waals surface area contributed by atoms with Crippen LogP contribution in [0, 0.1) is 26.6 Å². The highest BCUT2D eigenvalue weighted by Crippen LogP contribution is 2.22. The van der Waals surface area contributed by atoms with Crippen molar-refractivity contribution < 1.29 is 22.4 Å². The van der Waals surface area contributed by atoms with Crippen LogP contribution in [0.15, 0.2) is 36.4 Å². The Morgan fingerprint density at radius 3 is 2.03 bits per heavy atom. The lowest BCUT2D eigenvalue weighted by Crippen LogP contribution is -2.20. The molecule has 2 aromatic rings. The Morgan fingerprint density at radius 2 is 1.43 bits per heavy atom. The van der Waals surface area contributed by atoms with E-state index in [1.807, 2.05) is 32.9 Å². The molecule has 6 nitrogen and oxygen atoms in total. The Balaban J connectivity index is 1.76. The molecule has 0 spiro atoms. The highest BCUT2D eigenvalue weighted by molar-refractivity contribution is 7.91.